The molecule has 0 N–H and O–H groups in total. The van der Waals surface area contributed by atoms with Gasteiger partial charge >= 0.3 is 0 Å². The summed E-state index contributed by atoms with van der Waals surface area (Å²) in [7, 11) is 1.71. The number of methoxy groups -OCH3 is 1. The molecule has 0 saturated heterocycles. The van der Waals surface area contributed by atoms with Gasteiger partial charge in [0.1, 0.15) is 11.6 Å². The quantitative estimate of drug-likeness (QED) is 0.792. The average Bonchev–Trinajstić information content (AvgIpc) is 3.04. The van der Waals surface area contributed by atoms with Crippen LogP contribution in [0.3, 0.4) is 0 Å². The number of imidazole rings is 1. The summed E-state index contributed by atoms with van der Waals surface area (Å²) in [6, 6.07) is 6.68. The molecule has 1 aliphatic carbocycles. The largest absolute Gasteiger partial charge is 0.497 e. The molecule has 0 unspecified atom stereocenters. The smallest absolute Gasteiger partial charge is 0.121 e. The zero-order chi connectivity index (χ0) is 13.2. The molecule has 3 nitrogen and oxygen atoms in total. The number of aromatic nitrogens is 2. The molecule has 1 heterocycles. The summed E-state index contributed by atoms with van der Waals surface area (Å²) in [6.45, 7) is 0. The number of nitrogens with zero attached hydrogens (tertiary/aromatic N) is 2. The topological polar surface area (TPSA) is 27.1 Å². The predicted molar refractivity (Wildman–Crippen MR) is 78.2 cm³/mol. The summed E-state index contributed by atoms with van der Waals surface area (Å²) in [4.78, 5) is 4.75. The summed E-state index contributed by atoms with van der Waals surface area (Å²) in [5.74, 6) is 2.63. The minimum atomic E-state index is 0.579. The first-order valence-corrected chi connectivity index (χ1v) is 7.47. The van der Waals surface area contributed by atoms with Crippen LogP contribution in [-0.4, -0.2) is 22.5 Å². The molecule has 0 radical (unpaired) electrons. The molecule has 0 aliphatic heterocycles. The normalized spacial score (nSPS) is 16.3. The van der Waals surface area contributed by atoms with Crippen LogP contribution in [0.25, 0.3) is 11.0 Å². The monoisotopic (exact) mass is 278 g/mol. The third-order valence-corrected chi connectivity index (χ3v) is 4.17. The van der Waals surface area contributed by atoms with E-state index in [0.717, 1.165) is 23.5 Å². The van der Waals surface area contributed by atoms with Crippen molar-refractivity contribution in [1.82, 2.24) is 9.55 Å². The lowest BCUT2D eigenvalue weighted by Gasteiger charge is -2.16. The van der Waals surface area contributed by atoms with E-state index in [1.54, 1.807) is 7.11 Å². The molecule has 0 spiro atoms. The number of rotatable bonds is 4. The second kappa shape index (κ2) is 5.41. The Morgan fingerprint density at radius 2 is 2.16 bits per heavy atom. The van der Waals surface area contributed by atoms with Crippen LogP contribution in [0.4, 0.5) is 0 Å². The molecule has 0 bridgehead atoms. The third kappa shape index (κ3) is 2.32. The Kier molecular flexibility index (Phi) is 3.65. The van der Waals surface area contributed by atoms with E-state index in [4.69, 9.17) is 21.3 Å². The molecular formula is C15H19ClN2O. The summed E-state index contributed by atoms with van der Waals surface area (Å²) in [5.41, 5.74) is 2.24. The zero-order valence-electron chi connectivity index (χ0n) is 11.2. The molecule has 0 amide bonds. The van der Waals surface area contributed by atoms with E-state index in [0.29, 0.717) is 11.9 Å². The van der Waals surface area contributed by atoms with Crippen molar-refractivity contribution < 1.29 is 4.74 Å². The van der Waals surface area contributed by atoms with Crippen LogP contribution in [0.2, 0.25) is 0 Å². The summed E-state index contributed by atoms with van der Waals surface area (Å²) < 4.78 is 7.74. The fraction of sp³-hybridized carbons (Fsp3) is 0.533. The highest BCUT2D eigenvalue weighted by Crippen LogP contribution is 2.34. The standard InChI is InChI=1S/C15H19ClN2O/c1-19-12-6-7-13-14(10-12)18(11-4-2-3-5-11)15(17-13)8-9-16/h6-7,10-11H,2-5,8-9H2,1H3. The molecule has 0 atom stereocenters. The van der Waals surface area contributed by atoms with Gasteiger partial charge in [-0.25, -0.2) is 4.98 Å². The number of alkyl halides is 1. The number of halogens is 1. The van der Waals surface area contributed by atoms with Crippen molar-refractivity contribution in [2.24, 2.45) is 0 Å². The van der Waals surface area contributed by atoms with Gasteiger partial charge in [-0.3, -0.25) is 0 Å². The maximum absolute atomic E-state index is 5.92. The Morgan fingerprint density at radius 3 is 2.84 bits per heavy atom. The molecule has 19 heavy (non-hydrogen) atoms. The van der Waals surface area contributed by atoms with E-state index in [1.165, 1.54) is 31.2 Å². The van der Waals surface area contributed by atoms with Gasteiger partial charge in [-0.05, 0) is 25.0 Å². The maximum Gasteiger partial charge on any atom is 0.121 e. The zero-order valence-corrected chi connectivity index (χ0v) is 12.0. The summed E-state index contributed by atoms with van der Waals surface area (Å²) in [5, 5.41) is 0. The number of fused-ring (bicyclic) bond motifs is 1. The van der Waals surface area contributed by atoms with Crippen LogP contribution < -0.4 is 4.74 Å². The van der Waals surface area contributed by atoms with Crippen LogP contribution in [0, 0.1) is 0 Å². The molecule has 1 saturated carbocycles. The molecule has 1 aromatic carbocycles. The predicted octanol–water partition coefficient (Wildman–Crippen LogP) is 3.94. The minimum Gasteiger partial charge on any atom is -0.497 e. The van der Waals surface area contributed by atoms with Crippen LogP contribution in [0.15, 0.2) is 18.2 Å². The number of aryl methyl sites for hydroxylation is 1. The first-order chi connectivity index (χ1) is 9.33. The highest BCUT2D eigenvalue weighted by molar-refractivity contribution is 6.17. The van der Waals surface area contributed by atoms with E-state index in [9.17, 15) is 0 Å². The van der Waals surface area contributed by atoms with Gasteiger partial charge < -0.3 is 9.30 Å². The Balaban J connectivity index is 2.14. The van der Waals surface area contributed by atoms with Crippen molar-refractivity contribution in [2.45, 2.75) is 38.1 Å². The first kappa shape index (κ1) is 12.8. The Morgan fingerprint density at radius 1 is 1.37 bits per heavy atom. The molecule has 1 aromatic heterocycles. The molecule has 4 heteroatoms. The average molecular weight is 279 g/mol. The van der Waals surface area contributed by atoms with Crippen LogP contribution in [0.5, 0.6) is 5.75 Å². The number of benzene rings is 1. The van der Waals surface area contributed by atoms with Crippen molar-refractivity contribution in [3.8, 4) is 5.75 Å². The Bertz CT molecular complexity index is 573. The second-order valence-electron chi connectivity index (χ2n) is 5.13. The molecule has 2 aromatic rings. The molecule has 1 aliphatic rings. The third-order valence-electron chi connectivity index (χ3n) is 3.98. The van der Waals surface area contributed by atoms with Crippen molar-refractivity contribution in [3.63, 3.8) is 0 Å². The molecule has 1 fully saturated rings. The minimum absolute atomic E-state index is 0.579. The lowest BCUT2D eigenvalue weighted by atomic mass is 10.2. The SMILES string of the molecule is COc1ccc2nc(CCCl)n(C3CCCC3)c2c1. The van der Waals surface area contributed by atoms with Gasteiger partial charge in [-0.2, -0.15) is 0 Å². The summed E-state index contributed by atoms with van der Waals surface area (Å²) in [6.07, 6.45) is 5.95. The van der Waals surface area contributed by atoms with Gasteiger partial charge in [0.05, 0.1) is 18.1 Å². The van der Waals surface area contributed by atoms with Crippen molar-refractivity contribution in [2.75, 3.05) is 13.0 Å². The van der Waals surface area contributed by atoms with Crippen molar-refractivity contribution in [3.05, 3.63) is 24.0 Å². The van der Waals surface area contributed by atoms with Gasteiger partial charge in [-0.15, -0.1) is 11.6 Å². The Labute approximate surface area is 118 Å². The van der Waals surface area contributed by atoms with Gasteiger partial charge in [0.15, 0.2) is 0 Å². The highest BCUT2D eigenvalue weighted by atomic mass is 35.5. The fourth-order valence-corrected chi connectivity index (χ4v) is 3.25. The maximum atomic E-state index is 5.92. The first-order valence-electron chi connectivity index (χ1n) is 6.94. The van der Waals surface area contributed by atoms with Gasteiger partial charge in [0.25, 0.3) is 0 Å². The van der Waals surface area contributed by atoms with Gasteiger partial charge in [-0.1, -0.05) is 12.8 Å². The van der Waals surface area contributed by atoms with Gasteiger partial charge in [0, 0.05) is 24.4 Å². The number of ether oxygens (including phenoxy) is 1. The van der Waals surface area contributed by atoms with Crippen LogP contribution in [0.1, 0.15) is 37.5 Å². The van der Waals surface area contributed by atoms with E-state index < -0.39 is 0 Å². The lowest BCUT2D eigenvalue weighted by molar-refractivity contribution is 0.415. The second-order valence-corrected chi connectivity index (χ2v) is 5.51. The highest BCUT2D eigenvalue weighted by Gasteiger charge is 2.22. The number of hydrogen-bond donors (Lipinski definition) is 0. The van der Waals surface area contributed by atoms with Crippen molar-refractivity contribution >= 4 is 22.6 Å². The van der Waals surface area contributed by atoms with E-state index in [1.807, 2.05) is 12.1 Å². The summed E-state index contributed by atoms with van der Waals surface area (Å²) >= 11 is 5.92. The van der Waals surface area contributed by atoms with E-state index in [-0.39, 0.29) is 0 Å². The molecule has 3 rings (SSSR count). The molecular weight excluding hydrogens is 260 g/mol. The van der Waals surface area contributed by atoms with E-state index in [2.05, 4.69) is 10.6 Å². The molecule has 102 valence electrons. The number of hydrogen-bond acceptors (Lipinski definition) is 2. The van der Waals surface area contributed by atoms with Crippen molar-refractivity contribution in [1.29, 1.82) is 0 Å². The van der Waals surface area contributed by atoms with Crippen LogP contribution >= 0.6 is 11.6 Å². The van der Waals surface area contributed by atoms with E-state index >= 15 is 0 Å². The fourth-order valence-electron chi connectivity index (χ4n) is 3.08. The Hall–Kier alpha value is -1.22. The lowest BCUT2D eigenvalue weighted by Crippen LogP contribution is -2.09. The van der Waals surface area contributed by atoms with Gasteiger partial charge in [0.2, 0.25) is 0 Å². The van der Waals surface area contributed by atoms with Crippen LogP contribution in [-0.2, 0) is 6.42 Å².